The molecule has 2 rings (SSSR count). The molecule has 1 aromatic carbocycles. The lowest BCUT2D eigenvalue weighted by Gasteiger charge is -2.39. The number of carbonyl (C=O) groups is 1. The summed E-state index contributed by atoms with van der Waals surface area (Å²) in [7, 11) is -3.80. The first-order valence-electron chi connectivity index (χ1n) is 7.89. The van der Waals surface area contributed by atoms with Crippen molar-refractivity contribution in [2.45, 2.75) is 43.8 Å². The highest BCUT2D eigenvalue weighted by atomic mass is 32.2. The van der Waals surface area contributed by atoms with Crippen molar-refractivity contribution in [2.75, 3.05) is 6.54 Å². The maximum atomic E-state index is 13.0. The van der Waals surface area contributed by atoms with Gasteiger partial charge in [-0.3, -0.25) is 10.0 Å². The topological polar surface area (TPSA) is 95.5 Å². The molecule has 0 radical (unpaired) electrons. The van der Waals surface area contributed by atoms with Crippen LogP contribution < -0.4 is 10.2 Å². The average molecular weight is 340 g/mol. The summed E-state index contributed by atoms with van der Waals surface area (Å²) in [5.74, 6) is -0.791. The van der Waals surface area contributed by atoms with Gasteiger partial charge in [0, 0.05) is 0 Å². The molecular formula is C16H24N2O4S. The van der Waals surface area contributed by atoms with E-state index in [1.54, 1.807) is 6.92 Å². The number of carbonyl (C=O) groups excluding carboxylic acids is 1. The first-order chi connectivity index (χ1) is 10.9. The fourth-order valence-corrected chi connectivity index (χ4v) is 5.12. The van der Waals surface area contributed by atoms with Crippen LogP contribution in [0.15, 0.2) is 30.3 Å². The van der Waals surface area contributed by atoms with Gasteiger partial charge in [-0.15, -0.1) is 0 Å². The van der Waals surface area contributed by atoms with Crippen molar-refractivity contribution in [3.05, 3.63) is 35.9 Å². The van der Waals surface area contributed by atoms with E-state index < -0.39 is 27.2 Å². The lowest BCUT2D eigenvalue weighted by molar-refractivity contribution is -0.127. The van der Waals surface area contributed by atoms with Gasteiger partial charge in [-0.1, -0.05) is 49.6 Å². The fraction of sp³-hybridized carbons (Fsp3) is 0.562. The highest BCUT2D eigenvalue weighted by Crippen LogP contribution is 2.44. The Labute approximate surface area is 137 Å². The Morgan fingerprint density at radius 2 is 1.83 bits per heavy atom. The maximum Gasteiger partial charge on any atom is 0.258 e. The van der Waals surface area contributed by atoms with Crippen LogP contribution in [0.4, 0.5) is 0 Å². The van der Waals surface area contributed by atoms with E-state index in [0.717, 1.165) is 37.7 Å². The molecule has 1 fully saturated rings. The molecule has 1 aromatic rings. The van der Waals surface area contributed by atoms with Crippen LogP contribution in [0.1, 0.15) is 44.6 Å². The van der Waals surface area contributed by atoms with Gasteiger partial charge < -0.3 is 0 Å². The number of amides is 1. The van der Waals surface area contributed by atoms with E-state index in [1.165, 1.54) is 5.48 Å². The van der Waals surface area contributed by atoms with Gasteiger partial charge in [-0.05, 0) is 31.2 Å². The summed E-state index contributed by atoms with van der Waals surface area (Å²) in [5, 5.41) is 8.57. The second-order valence-corrected chi connectivity index (χ2v) is 8.31. The minimum absolute atomic E-state index is 0.00617. The predicted molar refractivity (Wildman–Crippen MR) is 87.2 cm³/mol. The van der Waals surface area contributed by atoms with Gasteiger partial charge in [0.05, 0.1) is 6.54 Å². The Hall–Kier alpha value is -1.44. The molecular weight excluding hydrogens is 316 g/mol. The van der Waals surface area contributed by atoms with E-state index in [0.29, 0.717) is 0 Å². The molecule has 1 amide bonds. The zero-order valence-electron chi connectivity index (χ0n) is 13.3. The number of hydrogen-bond donors (Lipinski definition) is 3. The van der Waals surface area contributed by atoms with Crippen LogP contribution in [0.3, 0.4) is 0 Å². The number of hydroxylamine groups is 1. The first-order valence-corrected chi connectivity index (χ1v) is 9.38. The first kappa shape index (κ1) is 17.9. The molecule has 0 spiro atoms. The molecule has 0 aromatic heterocycles. The molecule has 3 N–H and O–H groups in total. The minimum Gasteiger partial charge on any atom is -0.289 e. The van der Waals surface area contributed by atoms with Gasteiger partial charge in [0.15, 0.2) is 0 Å². The van der Waals surface area contributed by atoms with Gasteiger partial charge in [-0.2, -0.15) is 0 Å². The third-order valence-corrected chi connectivity index (χ3v) is 7.05. The summed E-state index contributed by atoms with van der Waals surface area (Å²) in [6.07, 6.45) is 4.85. The number of rotatable bonds is 6. The summed E-state index contributed by atoms with van der Waals surface area (Å²) < 4.78 is 27.2. The lowest BCUT2D eigenvalue weighted by Crippen LogP contribution is -2.49. The smallest absolute Gasteiger partial charge is 0.258 e. The van der Waals surface area contributed by atoms with Gasteiger partial charge in [0.2, 0.25) is 10.0 Å². The van der Waals surface area contributed by atoms with Crippen LogP contribution in [-0.4, -0.2) is 26.1 Å². The molecule has 0 saturated heterocycles. The molecule has 23 heavy (non-hydrogen) atoms. The minimum atomic E-state index is -3.80. The molecule has 1 unspecified atom stereocenters. The Kier molecular flexibility index (Phi) is 5.78. The standard InChI is InChI=1S/C16H24N2O4S/c1-16(13-8-4-2-5-9-13,14-10-6-3-7-11-14)23(21,22)17-12-15(19)18-20/h2,4-5,8-9,14,17,20H,3,6-7,10-12H2,1H3,(H,18,19). The van der Waals surface area contributed by atoms with Crippen molar-refractivity contribution in [1.29, 1.82) is 0 Å². The molecule has 7 heteroatoms. The molecule has 128 valence electrons. The van der Waals surface area contributed by atoms with Gasteiger partial charge in [-0.25, -0.2) is 18.6 Å². The van der Waals surface area contributed by atoms with Crippen molar-refractivity contribution >= 4 is 15.9 Å². The summed E-state index contributed by atoms with van der Waals surface area (Å²) in [4.78, 5) is 11.2. The number of sulfonamides is 1. The van der Waals surface area contributed by atoms with Crippen LogP contribution in [-0.2, 0) is 19.6 Å². The van der Waals surface area contributed by atoms with Crippen LogP contribution in [0, 0.1) is 5.92 Å². The van der Waals surface area contributed by atoms with Crippen LogP contribution in [0.25, 0.3) is 0 Å². The van der Waals surface area contributed by atoms with Gasteiger partial charge in [0.25, 0.3) is 5.91 Å². The highest BCUT2D eigenvalue weighted by Gasteiger charge is 2.47. The summed E-state index contributed by atoms with van der Waals surface area (Å²) in [6.45, 7) is 1.26. The molecule has 1 atom stereocenters. The van der Waals surface area contributed by atoms with Crippen LogP contribution >= 0.6 is 0 Å². The molecule has 1 aliphatic rings. The molecule has 0 heterocycles. The van der Waals surface area contributed by atoms with E-state index in [4.69, 9.17) is 5.21 Å². The second kappa shape index (κ2) is 7.42. The van der Waals surface area contributed by atoms with Crippen molar-refractivity contribution < 1.29 is 18.4 Å². The zero-order valence-corrected chi connectivity index (χ0v) is 14.1. The van der Waals surface area contributed by atoms with Crippen molar-refractivity contribution in [3.8, 4) is 0 Å². The molecule has 6 nitrogen and oxygen atoms in total. The third-order valence-electron chi connectivity index (χ3n) is 4.84. The van der Waals surface area contributed by atoms with Crippen molar-refractivity contribution in [2.24, 2.45) is 5.92 Å². The number of benzene rings is 1. The van der Waals surface area contributed by atoms with Crippen LogP contribution in [0.2, 0.25) is 0 Å². The summed E-state index contributed by atoms with van der Waals surface area (Å²) >= 11 is 0. The van der Waals surface area contributed by atoms with Gasteiger partial charge >= 0.3 is 0 Å². The highest BCUT2D eigenvalue weighted by molar-refractivity contribution is 7.90. The average Bonchev–Trinajstić information content (AvgIpc) is 2.60. The van der Waals surface area contributed by atoms with Crippen molar-refractivity contribution in [1.82, 2.24) is 10.2 Å². The Morgan fingerprint density at radius 1 is 1.22 bits per heavy atom. The zero-order chi connectivity index (χ0) is 16.9. The normalized spacial score (nSPS) is 19.0. The SMILES string of the molecule is CC(c1ccccc1)(C1CCCCC1)S(=O)(=O)NCC(=O)NO. The lowest BCUT2D eigenvalue weighted by atomic mass is 9.77. The predicted octanol–water partition coefficient (Wildman–Crippen LogP) is 1.91. The number of nitrogens with one attached hydrogen (secondary N) is 2. The molecule has 1 aliphatic carbocycles. The largest absolute Gasteiger partial charge is 0.289 e. The third kappa shape index (κ3) is 3.73. The number of hydrogen-bond acceptors (Lipinski definition) is 4. The van der Waals surface area contributed by atoms with E-state index in [2.05, 4.69) is 4.72 Å². The second-order valence-electron chi connectivity index (χ2n) is 6.17. The Balaban J connectivity index is 2.38. The Bertz CT molecular complexity index is 627. The van der Waals surface area contributed by atoms with E-state index in [9.17, 15) is 13.2 Å². The Morgan fingerprint density at radius 3 is 2.39 bits per heavy atom. The summed E-state index contributed by atoms with van der Waals surface area (Å²) in [5.41, 5.74) is 2.17. The van der Waals surface area contributed by atoms with E-state index in [-0.39, 0.29) is 5.92 Å². The van der Waals surface area contributed by atoms with E-state index in [1.807, 2.05) is 30.3 Å². The molecule has 0 bridgehead atoms. The summed E-state index contributed by atoms with van der Waals surface area (Å²) in [6, 6.07) is 9.14. The molecule has 0 aliphatic heterocycles. The van der Waals surface area contributed by atoms with Crippen molar-refractivity contribution in [3.63, 3.8) is 0 Å². The maximum absolute atomic E-state index is 13.0. The fourth-order valence-electron chi connectivity index (χ4n) is 3.38. The van der Waals surface area contributed by atoms with E-state index >= 15 is 0 Å². The van der Waals surface area contributed by atoms with Gasteiger partial charge in [0.1, 0.15) is 4.75 Å². The quantitative estimate of drug-likeness (QED) is 0.544. The monoisotopic (exact) mass is 340 g/mol. The molecule has 1 saturated carbocycles. The van der Waals surface area contributed by atoms with Crippen LogP contribution in [0.5, 0.6) is 0 Å².